The third-order valence-corrected chi connectivity index (χ3v) is 3.79. The fraction of sp³-hybridized carbons (Fsp3) is 0.417. The number of amides is 1. The number of anilines is 1. The number of thioether (sulfide) groups is 1. The third-order valence-electron chi connectivity index (χ3n) is 2.64. The molecule has 1 amide bonds. The van der Waals surface area contributed by atoms with Crippen LogP contribution in [0.5, 0.6) is 0 Å². The van der Waals surface area contributed by atoms with Gasteiger partial charge < -0.3 is 10.6 Å². The number of fused-ring (bicyclic) bond motifs is 1. The van der Waals surface area contributed by atoms with Gasteiger partial charge in [-0.05, 0) is 18.2 Å². The van der Waals surface area contributed by atoms with Gasteiger partial charge in [-0.25, -0.2) is 4.39 Å². The van der Waals surface area contributed by atoms with E-state index in [1.54, 1.807) is 22.7 Å². The van der Waals surface area contributed by atoms with Gasteiger partial charge in [0.1, 0.15) is 5.82 Å². The minimum absolute atomic E-state index is 0.0356. The molecule has 1 unspecified atom stereocenters. The molecule has 0 saturated carbocycles. The highest BCUT2D eigenvalue weighted by Gasteiger charge is 2.26. The van der Waals surface area contributed by atoms with Crippen molar-refractivity contribution in [2.75, 3.05) is 18.0 Å². The number of hydrogen-bond acceptors (Lipinski definition) is 3. The van der Waals surface area contributed by atoms with Crippen molar-refractivity contribution in [1.82, 2.24) is 0 Å². The van der Waals surface area contributed by atoms with Gasteiger partial charge in [0, 0.05) is 29.7 Å². The van der Waals surface area contributed by atoms with E-state index in [9.17, 15) is 9.18 Å². The van der Waals surface area contributed by atoms with E-state index < -0.39 is 0 Å². The summed E-state index contributed by atoms with van der Waals surface area (Å²) in [7, 11) is 0. The van der Waals surface area contributed by atoms with E-state index in [0.29, 0.717) is 30.4 Å². The van der Waals surface area contributed by atoms with Crippen molar-refractivity contribution in [2.45, 2.75) is 23.5 Å². The Morgan fingerprint density at radius 1 is 1.65 bits per heavy atom. The van der Waals surface area contributed by atoms with Gasteiger partial charge in [-0.2, -0.15) is 0 Å². The number of rotatable bonds is 2. The summed E-state index contributed by atoms with van der Waals surface area (Å²) < 4.78 is 13.2. The average molecular weight is 254 g/mol. The maximum Gasteiger partial charge on any atom is 0.228 e. The lowest BCUT2D eigenvalue weighted by Crippen LogP contribution is -2.39. The van der Waals surface area contributed by atoms with Gasteiger partial charge in [0.05, 0.1) is 5.69 Å². The van der Waals surface area contributed by atoms with Gasteiger partial charge in [-0.15, -0.1) is 11.8 Å². The van der Waals surface area contributed by atoms with Gasteiger partial charge in [0.2, 0.25) is 5.91 Å². The Morgan fingerprint density at radius 2 is 2.41 bits per heavy atom. The molecular weight excluding hydrogens is 239 g/mol. The Morgan fingerprint density at radius 3 is 3.12 bits per heavy atom. The van der Waals surface area contributed by atoms with Crippen LogP contribution in [0.15, 0.2) is 23.1 Å². The third kappa shape index (κ3) is 2.61. The summed E-state index contributed by atoms with van der Waals surface area (Å²) in [5.41, 5.74) is 6.07. The van der Waals surface area contributed by atoms with E-state index in [1.807, 2.05) is 0 Å². The molecular formula is C12H15FN2OS. The number of carbonyl (C=O) groups excluding carboxylic acids is 1. The summed E-state index contributed by atoms with van der Waals surface area (Å²) in [6.45, 7) is 2.99. The summed E-state index contributed by atoms with van der Waals surface area (Å²) in [6, 6.07) is 4.58. The highest BCUT2D eigenvalue weighted by Crippen LogP contribution is 2.38. The predicted octanol–water partition coefficient (Wildman–Crippen LogP) is 2.00. The normalized spacial score (nSPS) is 19.0. The minimum atomic E-state index is -0.315. The number of halogens is 1. The largest absolute Gasteiger partial charge is 0.330 e. The second kappa shape index (κ2) is 5.06. The summed E-state index contributed by atoms with van der Waals surface area (Å²) in [5, 5.41) is 0.315. The second-order valence-corrected chi connectivity index (χ2v) is 5.56. The smallest absolute Gasteiger partial charge is 0.228 e. The van der Waals surface area contributed by atoms with Crippen molar-refractivity contribution < 1.29 is 9.18 Å². The molecule has 17 heavy (non-hydrogen) atoms. The summed E-state index contributed by atoms with van der Waals surface area (Å²) in [4.78, 5) is 14.5. The zero-order chi connectivity index (χ0) is 12.4. The van der Waals surface area contributed by atoms with Crippen LogP contribution in [0.4, 0.5) is 10.1 Å². The Kier molecular flexibility index (Phi) is 3.69. The van der Waals surface area contributed by atoms with Gasteiger partial charge >= 0.3 is 0 Å². The SMILES string of the molecule is CC1CN(C(=O)CCN)c2cc(F)ccc2S1. The van der Waals surface area contributed by atoms with E-state index in [0.717, 1.165) is 4.90 Å². The monoisotopic (exact) mass is 254 g/mol. The molecule has 0 aromatic heterocycles. The molecule has 92 valence electrons. The van der Waals surface area contributed by atoms with Gasteiger partial charge in [-0.1, -0.05) is 6.92 Å². The fourth-order valence-electron chi connectivity index (χ4n) is 1.91. The van der Waals surface area contributed by atoms with E-state index in [1.165, 1.54) is 12.1 Å². The Labute approximate surface area is 104 Å². The Balaban J connectivity index is 2.35. The molecule has 0 saturated heterocycles. The minimum Gasteiger partial charge on any atom is -0.330 e. The summed E-state index contributed by atoms with van der Waals surface area (Å²) >= 11 is 1.67. The molecule has 1 aromatic carbocycles. The van der Waals surface area contributed by atoms with Crippen molar-refractivity contribution in [3.8, 4) is 0 Å². The van der Waals surface area contributed by atoms with Crippen molar-refractivity contribution in [3.05, 3.63) is 24.0 Å². The maximum absolute atomic E-state index is 13.2. The van der Waals surface area contributed by atoms with Gasteiger partial charge in [0.25, 0.3) is 0 Å². The number of hydrogen-bond donors (Lipinski definition) is 1. The molecule has 0 bridgehead atoms. The first kappa shape index (κ1) is 12.4. The fourth-order valence-corrected chi connectivity index (χ4v) is 3.00. The highest BCUT2D eigenvalue weighted by atomic mass is 32.2. The molecule has 1 aromatic rings. The van der Waals surface area contributed by atoms with Crippen molar-refractivity contribution in [1.29, 1.82) is 0 Å². The molecule has 0 fully saturated rings. The topological polar surface area (TPSA) is 46.3 Å². The Bertz CT molecular complexity index is 439. The molecule has 1 aliphatic heterocycles. The molecule has 1 atom stereocenters. The van der Waals surface area contributed by atoms with Crippen LogP contribution < -0.4 is 10.6 Å². The van der Waals surface area contributed by atoms with Crippen molar-refractivity contribution in [3.63, 3.8) is 0 Å². The molecule has 3 nitrogen and oxygen atoms in total. The molecule has 0 radical (unpaired) electrons. The van der Waals surface area contributed by atoms with Crippen LogP contribution in [0.3, 0.4) is 0 Å². The van der Waals surface area contributed by atoms with Gasteiger partial charge in [-0.3, -0.25) is 4.79 Å². The van der Waals surface area contributed by atoms with Crippen LogP contribution >= 0.6 is 11.8 Å². The standard InChI is InChI=1S/C12H15FN2OS/c1-8-7-15(12(16)4-5-14)10-6-9(13)2-3-11(10)17-8/h2-3,6,8H,4-5,7,14H2,1H3. The van der Waals surface area contributed by atoms with Crippen LogP contribution in [0.1, 0.15) is 13.3 Å². The molecule has 1 aliphatic rings. The first-order valence-corrected chi connectivity index (χ1v) is 6.46. The van der Waals surface area contributed by atoms with Crippen LogP contribution in [0.25, 0.3) is 0 Å². The quantitative estimate of drug-likeness (QED) is 0.878. The zero-order valence-electron chi connectivity index (χ0n) is 9.65. The predicted molar refractivity (Wildman–Crippen MR) is 67.7 cm³/mol. The molecule has 2 N–H and O–H groups in total. The summed E-state index contributed by atoms with van der Waals surface area (Å²) in [6.07, 6.45) is 0.299. The van der Waals surface area contributed by atoms with E-state index >= 15 is 0 Å². The second-order valence-electron chi connectivity index (χ2n) is 4.08. The lowest BCUT2D eigenvalue weighted by molar-refractivity contribution is -0.118. The molecule has 5 heteroatoms. The highest BCUT2D eigenvalue weighted by molar-refractivity contribution is 8.00. The molecule has 0 aliphatic carbocycles. The first-order chi connectivity index (χ1) is 8.11. The van der Waals surface area contributed by atoms with Crippen LogP contribution in [-0.4, -0.2) is 24.2 Å². The molecule has 1 heterocycles. The average Bonchev–Trinajstić information content (AvgIpc) is 2.29. The van der Waals surface area contributed by atoms with Crippen LogP contribution in [0.2, 0.25) is 0 Å². The summed E-state index contributed by atoms with van der Waals surface area (Å²) in [5.74, 6) is -0.351. The lowest BCUT2D eigenvalue weighted by atomic mass is 10.2. The Hall–Kier alpha value is -1.07. The number of nitrogens with two attached hydrogens (primary N) is 1. The van der Waals surface area contributed by atoms with Crippen molar-refractivity contribution in [2.24, 2.45) is 5.73 Å². The first-order valence-electron chi connectivity index (χ1n) is 5.58. The number of carbonyl (C=O) groups is 1. The zero-order valence-corrected chi connectivity index (χ0v) is 10.5. The number of benzene rings is 1. The number of nitrogens with zero attached hydrogens (tertiary/aromatic N) is 1. The molecule has 2 rings (SSSR count). The van der Waals surface area contributed by atoms with Gasteiger partial charge in [0.15, 0.2) is 0 Å². The van der Waals surface area contributed by atoms with Crippen molar-refractivity contribution >= 4 is 23.4 Å². The van der Waals surface area contributed by atoms with E-state index in [-0.39, 0.29) is 11.7 Å². The van der Waals surface area contributed by atoms with Crippen LogP contribution in [-0.2, 0) is 4.79 Å². The lowest BCUT2D eigenvalue weighted by Gasteiger charge is -2.32. The van der Waals surface area contributed by atoms with Crippen LogP contribution in [0, 0.1) is 5.82 Å². The van der Waals surface area contributed by atoms with E-state index in [2.05, 4.69) is 6.92 Å². The maximum atomic E-state index is 13.2. The molecule has 0 spiro atoms. The van der Waals surface area contributed by atoms with E-state index in [4.69, 9.17) is 5.73 Å².